The third-order valence-electron chi connectivity index (χ3n) is 9.45. The zero-order valence-corrected chi connectivity index (χ0v) is 28.6. The SMILES string of the molecule is Cc1cc(C(CCC(C)(C)C)N2C(=O)C(c3cccc(F)c3)=NC23CCC([Si](C)(C)C)CC3)ccc1C(=O)NCc1nn[nH]n1. The molecule has 1 atom stereocenters. The van der Waals surface area contributed by atoms with Crippen LogP contribution in [0.2, 0.25) is 25.2 Å². The molecule has 1 aliphatic heterocycles. The number of carbonyl (C=O) groups is 2. The first-order chi connectivity index (χ1) is 21.2. The number of aliphatic imine (C=N–C) groups is 1. The number of rotatable bonds is 9. The maximum atomic E-state index is 14.6. The highest BCUT2D eigenvalue weighted by atomic mass is 28.3. The van der Waals surface area contributed by atoms with Crippen LogP contribution < -0.4 is 5.32 Å². The lowest BCUT2D eigenvalue weighted by Gasteiger charge is -2.47. The number of aromatic nitrogens is 4. The highest BCUT2D eigenvalue weighted by molar-refractivity contribution is 6.77. The molecule has 3 aromatic rings. The third-order valence-corrected chi connectivity index (χ3v) is 12.5. The van der Waals surface area contributed by atoms with Crippen molar-refractivity contribution in [2.45, 2.75) is 110 Å². The van der Waals surface area contributed by atoms with Crippen molar-refractivity contribution in [1.82, 2.24) is 30.8 Å². The first-order valence-electron chi connectivity index (χ1n) is 16.0. The minimum Gasteiger partial charge on any atom is -0.345 e. The average Bonchev–Trinajstić information content (AvgIpc) is 3.58. The lowest BCUT2D eigenvalue weighted by atomic mass is 9.82. The van der Waals surface area contributed by atoms with E-state index in [2.05, 4.69) is 66.4 Å². The molecular weight excluding hydrogens is 586 g/mol. The highest BCUT2D eigenvalue weighted by Gasteiger charge is 2.53. The van der Waals surface area contributed by atoms with E-state index in [4.69, 9.17) is 4.99 Å². The minimum atomic E-state index is -1.38. The molecule has 2 heterocycles. The second-order valence-corrected chi connectivity index (χ2v) is 20.5. The van der Waals surface area contributed by atoms with E-state index in [-0.39, 0.29) is 35.6 Å². The summed E-state index contributed by atoms with van der Waals surface area (Å²) >= 11 is 0. The van der Waals surface area contributed by atoms with Gasteiger partial charge in [-0.15, -0.1) is 10.2 Å². The largest absolute Gasteiger partial charge is 0.345 e. The van der Waals surface area contributed by atoms with E-state index in [1.165, 1.54) is 12.1 Å². The number of aromatic amines is 1. The zero-order valence-electron chi connectivity index (χ0n) is 27.6. The fraction of sp³-hybridized carbons (Fsp3) is 0.529. The normalized spacial score (nSPS) is 21.2. The monoisotopic (exact) mass is 631 g/mol. The molecule has 2 aliphatic rings. The number of tetrazole rings is 1. The third kappa shape index (κ3) is 7.24. The summed E-state index contributed by atoms with van der Waals surface area (Å²) in [5, 5.41) is 16.6. The number of H-pyrrole nitrogens is 1. The van der Waals surface area contributed by atoms with Crippen LogP contribution in [-0.2, 0) is 11.3 Å². The number of nitrogens with zero attached hydrogens (tertiary/aromatic N) is 5. The quantitative estimate of drug-likeness (QED) is 0.253. The van der Waals surface area contributed by atoms with Gasteiger partial charge in [-0.05, 0) is 85.7 Å². The molecule has 1 unspecified atom stereocenters. The van der Waals surface area contributed by atoms with Gasteiger partial charge in [-0.25, -0.2) is 4.39 Å². The van der Waals surface area contributed by atoms with E-state index in [9.17, 15) is 14.0 Å². The Morgan fingerprint density at radius 1 is 1.16 bits per heavy atom. The molecular formula is C34H46FN7O2Si. The molecule has 2 N–H and O–H groups in total. The topological polar surface area (TPSA) is 116 Å². The molecule has 1 spiro atoms. The lowest BCUT2D eigenvalue weighted by Crippen LogP contribution is -2.51. The number of nitrogens with one attached hydrogen (secondary N) is 2. The van der Waals surface area contributed by atoms with Crippen molar-refractivity contribution < 1.29 is 14.0 Å². The molecule has 11 heteroatoms. The van der Waals surface area contributed by atoms with Gasteiger partial charge in [0.25, 0.3) is 11.8 Å². The molecule has 1 saturated carbocycles. The van der Waals surface area contributed by atoms with Crippen molar-refractivity contribution >= 4 is 25.6 Å². The highest BCUT2D eigenvalue weighted by Crippen LogP contribution is 2.50. The molecule has 9 nitrogen and oxygen atoms in total. The smallest absolute Gasteiger partial charge is 0.275 e. The molecule has 0 radical (unpaired) electrons. The lowest BCUT2D eigenvalue weighted by molar-refractivity contribution is -0.133. The predicted molar refractivity (Wildman–Crippen MR) is 176 cm³/mol. The summed E-state index contributed by atoms with van der Waals surface area (Å²) in [6.45, 7) is 16.0. The Morgan fingerprint density at radius 3 is 2.49 bits per heavy atom. The van der Waals surface area contributed by atoms with E-state index in [1.54, 1.807) is 12.1 Å². The fourth-order valence-corrected chi connectivity index (χ4v) is 8.86. The number of halogens is 1. The number of hydrogen-bond acceptors (Lipinski definition) is 6. The van der Waals surface area contributed by atoms with Crippen LogP contribution in [0.4, 0.5) is 4.39 Å². The molecule has 1 fully saturated rings. The Bertz CT molecular complexity index is 1570. The van der Waals surface area contributed by atoms with E-state index in [0.717, 1.165) is 49.7 Å². The van der Waals surface area contributed by atoms with Crippen LogP contribution in [0.15, 0.2) is 47.5 Å². The van der Waals surface area contributed by atoms with Gasteiger partial charge < -0.3 is 10.2 Å². The van der Waals surface area contributed by atoms with Crippen LogP contribution in [0.3, 0.4) is 0 Å². The second-order valence-electron chi connectivity index (χ2n) is 15.0. The van der Waals surface area contributed by atoms with E-state index in [0.29, 0.717) is 28.2 Å². The Labute approximate surface area is 266 Å². The minimum absolute atomic E-state index is 0.0416. The summed E-state index contributed by atoms with van der Waals surface area (Å²) in [5.41, 5.74) is 3.21. The summed E-state index contributed by atoms with van der Waals surface area (Å²) in [5.74, 6) is -0.363. The predicted octanol–water partition coefficient (Wildman–Crippen LogP) is 6.75. The van der Waals surface area contributed by atoms with E-state index in [1.807, 2.05) is 30.0 Å². The van der Waals surface area contributed by atoms with Crippen molar-refractivity contribution in [1.29, 1.82) is 0 Å². The molecule has 5 rings (SSSR count). The van der Waals surface area contributed by atoms with Gasteiger partial charge in [0.2, 0.25) is 0 Å². The van der Waals surface area contributed by atoms with Crippen LogP contribution in [0, 0.1) is 18.2 Å². The molecule has 1 aliphatic carbocycles. The summed E-state index contributed by atoms with van der Waals surface area (Å²) in [6, 6.07) is 11.8. The van der Waals surface area contributed by atoms with Crippen LogP contribution >= 0.6 is 0 Å². The first kappa shape index (κ1) is 32.7. The number of carbonyl (C=O) groups excluding carboxylic acids is 2. The van der Waals surface area contributed by atoms with Crippen molar-refractivity contribution in [3.8, 4) is 0 Å². The van der Waals surface area contributed by atoms with Gasteiger partial charge in [-0.2, -0.15) is 5.21 Å². The van der Waals surface area contributed by atoms with Crippen molar-refractivity contribution in [3.63, 3.8) is 0 Å². The van der Waals surface area contributed by atoms with Crippen LogP contribution in [0.5, 0.6) is 0 Å². The summed E-state index contributed by atoms with van der Waals surface area (Å²) in [4.78, 5) is 34.9. The second kappa shape index (κ2) is 12.6. The number of amides is 2. The van der Waals surface area contributed by atoms with Crippen LogP contribution in [0.1, 0.15) is 98.2 Å². The Morgan fingerprint density at radius 2 is 1.89 bits per heavy atom. The standard InChI is InChI=1S/C34H46FN7O2Si/c1-22-19-23(11-12-27(22)31(43)36-21-29-38-40-41-39-29)28(15-16-33(2,3)4)42-32(44)30(24-9-8-10-25(35)20-24)37-34(42)17-13-26(14-18-34)45(5,6)7/h8-12,19-20,26,28H,13-18,21H2,1-7H3,(H,36,43)(H,38,39,40,41). The van der Waals surface area contributed by atoms with Gasteiger partial charge in [-0.3, -0.25) is 14.6 Å². The van der Waals surface area contributed by atoms with Crippen molar-refractivity contribution in [2.75, 3.05) is 0 Å². The Balaban J connectivity index is 1.52. The van der Waals surface area contributed by atoms with Crippen molar-refractivity contribution in [3.05, 3.63) is 76.4 Å². The maximum absolute atomic E-state index is 14.6. The summed E-state index contributed by atoms with van der Waals surface area (Å²) in [7, 11) is -1.38. The first-order valence-corrected chi connectivity index (χ1v) is 19.6. The summed E-state index contributed by atoms with van der Waals surface area (Å²) < 4.78 is 14.4. The van der Waals surface area contributed by atoms with Crippen LogP contribution in [-0.4, -0.2) is 56.8 Å². The van der Waals surface area contributed by atoms with Crippen LogP contribution in [0.25, 0.3) is 0 Å². The fourth-order valence-electron chi connectivity index (χ4n) is 6.84. The molecule has 2 aromatic carbocycles. The number of aryl methyl sites for hydroxylation is 1. The Hall–Kier alpha value is -3.73. The molecule has 0 saturated heterocycles. The molecule has 45 heavy (non-hydrogen) atoms. The van der Waals surface area contributed by atoms with Gasteiger partial charge in [0.1, 0.15) is 17.2 Å². The number of hydrogen-bond donors (Lipinski definition) is 2. The Kier molecular flexibility index (Phi) is 9.12. The van der Waals surface area contributed by atoms with E-state index >= 15 is 0 Å². The zero-order chi connectivity index (χ0) is 32.6. The van der Waals surface area contributed by atoms with Gasteiger partial charge in [0, 0.05) is 19.2 Å². The maximum Gasteiger partial charge on any atom is 0.275 e. The summed E-state index contributed by atoms with van der Waals surface area (Å²) in [6.07, 6.45) is 5.23. The van der Waals surface area contributed by atoms with Crippen molar-refractivity contribution in [2.24, 2.45) is 10.4 Å². The van der Waals surface area contributed by atoms with Gasteiger partial charge in [-0.1, -0.05) is 69.9 Å². The molecule has 240 valence electrons. The molecule has 2 amide bonds. The van der Waals surface area contributed by atoms with Gasteiger partial charge in [0.05, 0.1) is 12.6 Å². The molecule has 0 bridgehead atoms. The van der Waals surface area contributed by atoms with E-state index < -0.39 is 13.7 Å². The van der Waals surface area contributed by atoms with Gasteiger partial charge in [0.15, 0.2) is 5.82 Å². The molecule has 1 aromatic heterocycles. The number of benzene rings is 2. The van der Waals surface area contributed by atoms with Gasteiger partial charge >= 0.3 is 0 Å². The average molecular weight is 632 g/mol.